The van der Waals surface area contributed by atoms with Gasteiger partial charge in [0.1, 0.15) is 5.92 Å². The first-order valence-electron chi connectivity index (χ1n) is 10.3. The summed E-state index contributed by atoms with van der Waals surface area (Å²) in [5.74, 6) is -3.01. The molecule has 0 fully saturated rings. The lowest BCUT2D eigenvalue weighted by atomic mass is 9.77. The molecule has 0 saturated carbocycles. The van der Waals surface area contributed by atoms with Gasteiger partial charge in [-0.1, -0.05) is 66.7 Å². The zero-order chi connectivity index (χ0) is 22.5. The summed E-state index contributed by atoms with van der Waals surface area (Å²) in [6, 6.07) is 21.9. The Kier molecular flexibility index (Phi) is 6.31. The van der Waals surface area contributed by atoms with Gasteiger partial charge >= 0.3 is 5.97 Å². The molecule has 162 valence electrons. The maximum absolute atomic E-state index is 13.6. The number of rotatable bonds is 8. The summed E-state index contributed by atoms with van der Waals surface area (Å²) in [6.07, 6.45) is 0. The number of fused-ring (bicyclic) bond motifs is 1. The predicted octanol–water partition coefficient (Wildman–Crippen LogP) is 4.44. The van der Waals surface area contributed by atoms with Crippen LogP contribution in [0.5, 0.6) is 11.5 Å². The minimum Gasteiger partial charge on any atom is -0.465 e. The van der Waals surface area contributed by atoms with Crippen LogP contribution in [0.4, 0.5) is 0 Å². The van der Waals surface area contributed by atoms with E-state index in [1.54, 1.807) is 85.8 Å². The molecule has 1 aliphatic rings. The van der Waals surface area contributed by atoms with Gasteiger partial charge in [0.2, 0.25) is 6.79 Å². The molecule has 0 aromatic heterocycles. The molecule has 0 radical (unpaired) electrons. The smallest absolute Gasteiger partial charge is 0.314 e. The summed E-state index contributed by atoms with van der Waals surface area (Å²) in [6.45, 7) is 1.87. The largest absolute Gasteiger partial charge is 0.465 e. The SMILES string of the molecule is CCOC(=O)C(c1ccc2c(c1)OCO2)C(C(=O)c1ccccc1)C(=O)c1ccccc1. The van der Waals surface area contributed by atoms with Crippen molar-refractivity contribution in [2.24, 2.45) is 5.92 Å². The summed E-state index contributed by atoms with van der Waals surface area (Å²) in [5, 5.41) is 0. The van der Waals surface area contributed by atoms with Gasteiger partial charge in [-0.05, 0) is 24.6 Å². The van der Waals surface area contributed by atoms with Crippen LogP contribution in [0.25, 0.3) is 0 Å². The first-order valence-corrected chi connectivity index (χ1v) is 10.3. The highest BCUT2D eigenvalue weighted by Gasteiger charge is 2.42. The van der Waals surface area contributed by atoms with E-state index >= 15 is 0 Å². The van der Waals surface area contributed by atoms with E-state index in [2.05, 4.69) is 0 Å². The van der Waals surface area contributed by atoms with E-state index in [1.165, 1.54) is 0 Å². The Labute approximate surface area is 185 Å². The van der Waals surface area contributed by atoms with Crippen molar-refractivity contribution in [3.63, 3.8) is 0 Å². The van der Waals surface area contributed by atoms with Crippen molar-refractivity contribution in [1.29, 1.82) is 0 Å². The van der Waals surface area contributed by atoms with Crippen LogP contribution in [0.1, 0.15) is 39.1 Å². The Bertz CT molecular complexity index is 1070. The molecule has 1 atom stereocenters. The Morgan fingerprint density at radius 2 is 1.38 bits per heavy atom. The van der Waals surface area contributed by atoms with Gasteiger partial charge in [-0.2, -0.15) is 0 Å². The van der Waals surface area contributed by atoms with E-state index in [-0.39, 0.29) is 13.4 Å². The Hall–Kier alpha value is -3.93. The molecule has 0 amide bonds. The standard InChI is InChI=1S/C26H22O6/c1-2-30-26(29)22(19-13-14-20-21(15-19)32-16-31-20)23(24(27)17-9-5-3-6-10-17)25(28)18-11-7-4-8-12-18/h3-15,22-23H,2,16H2,1H3. The van der Waals surface area contributed by atoms with Crippen LogP contribution in [0.15, 0.2) is 78.9 Å². The van der Waals surface area contributed by atoms with Crippen LogP contribution < -0.4 is 9.47 Å². The van der Waals surface area contributed by atoms with Crippen LogP contribution in [0.3, 0.4) is 0 Å². The number of carbonyl (C=O) groups excluding carboxylic acids is 3. The number of hydrogen-bond donors (Lipinski definition) is 0. The van der Waals surface area contributed by atoms with E-state index in [4.69, 9.17) is 14.2 Å². The first-order chi connectivity index (χ1) is 15.6. The van der Waals surface area contributed by atoms with E-state index in [9.17, 15) is 14.4 Å². The summed E-state index contributed by atoms with van der Waals surface area (Å²) < 4.78 is 16.1. The second-order valence-electron chi connectivity index (χ2n) is 7.28. The van der Waals surface area contributed by atoms with Crippen LogP contribution in [0, 0.1) is 5.92 Å². The van der Waals surface area contributed by atoms with Gasteiger partial charge in [0.25, 0.3) is 0 Å². The molecule has 0 saturated heterocycles. The van der Waals surface area contributed by atoms with Crippen molar-refractivity contribution in [1.82, 2.24) is 0 Å². The zero-order valence-corrected chi connectivity index (χ0v) is 17.5. The molecule has 1 unspecified atom stereocenters. The molecule has 6 heteroatoms. The quantitative estimate of drug-likeness (QED) is 0.299. The fraction of sp³-hybridized carbons (Fsp3) is 0.192. The van der Waals surface area contributed by atoms with Crippen LogP contribution in [-0.4, -0.2) is 30.9 Å². The van der Waals surface area contributed by atoms with Crippen molar-refractivity contribution >= 4 is 17.5 Å². The van der Waals surface area contributed by atoms with Crippen molar-refractivity contribution in [3.8, 4) is 11.5 Å². The van der Waals surface area contributed by atoms with Gasteiger partial charge < -0.3 is 14.2 Å². The van der Waals surface area contributed by atoms with Gasteiger partial charge in [-0.15, -0.1) is 0 Å². The third-order valence-corrected chi connectivity index (χ3v) is 5.31. The Balaban J connectivity index is 1.85. The third-order valence-electron chi connectivity index (χ3n) is 5.31. The van der Waals surface area contributed by atoms with E-state index in [1.807, 2.05) is 0 Å². The molecule has 32 heavy (non-hydrogen) atoms. The molecular formula is C26H22O6. The number of esters is 1. The lowest BCUT2D eigenvalue weighted by Gasteiger charge is -2.24. The Morgan fingerprint density at radius 1 is 0.812 bits per heavy atom. The molecule has 0 spiro atoms. The summed E-state index contributed by atoms with van der Waals surface area (Å²) >= 11 is 0. The topological polar surface area (TPSA) is 78.9 Å². The van der Waals surface area contributed by atoms with Crippen molar-refractivity contribution in [2.75, 3.05) is 13.4 Å². The lowest BCUT2D eigenvalue weighted by Crippen LogP contribution is -2.35. The monoisotopic (exact) mass is 430 g/mol. The van der Waals surface area contributed by atoms with Crippen molar-refractivity contribution < 1.29 is 28.6 Å². The van der Waals surface area contributed by atoms with E-state index in [0.717, 1.165) is 0 Å². The maximum Gasteiger partial charge on any atom is 0.314 e. The molecule has 1 heterocycles. The molecule has 3 aromatic carbocycles. The zero-order valence-electron chi connectivity index (χ0n) is 17.5. The van der Waals surface area contributed by atoms with Crippen molar-refractivity contribution in [3.05, 3.63) is 95.6 Å². The molecular weight excluding hydrogens is 408 g/mol. The van der Waals surface area contributed by atoms with Crippen LogP contribution >= 0.6 is 0 Å². The minimum absolute atomic E-state index is 0.0676. The van der Waals surface area contributed by atoms with Gasteiger partial charge in [-0.3, -0.25) is 14.4 Å². The summed E-state index contributed by atoms with van der Waals surface area (Å²) in [7, 11) is 0. The highest BCUT2D eigenvalue weighted by Crippen LogP contribution is 2.39. The normalized spacial score (nSPS) is 12.9. The molecule has 0 N–H and O–H groups in total. The van der Waals surface area contributed by atoms with Crippen LogP contribution in [0.2, 0.25) is 0 Å². The number of ether oxygens (including phenoxy) is 3. The number of Topliss-reactive ketones (excluding diaryl/α,β-unsaturated/α-hetero) is 2. The molecule has 4 rings (SSSR count). The summed E-state index contributed by atoms with van der Waals surface area (Å²) in [4.78, 5) is 40.4. The Morgan fingerprint density at radius 3 is 1.94 bits per heavy atom. The fourth-order valence-electron chi connectivity index (χ4n) is 3.79. The molecule has 3 aromatic rings. The van der Waals surface area contributed by atoms with Gasteiger partial charge in [0, 0.05) is 11.1 Å². The van der Waals surface area contributed by atoms with Gasteiger partial charge in [0.05, 0.1) is 12.5 Å². The van der Waals surface area contributed by atoms with E-state index in [0.29, 0.717) is 28.2 Å². The van der Waals surface area contributed by atoms with Crippen molar-refractivity contribution in [2.45, 2.75) is 12.8 Å². The average Bonchev–Trinajstić information content (AvgIpc) is 3.31. The maximum atomic E-state index is 13.6. The number of carbonyl (C=O) groups is 3. The predicted molar refractivity (Wildman–Crippen MR) is 117 cm³/mol. The highest BCUT2D eigenvalue weighted by molar-refractivity contribution is 6.18. The second kappa shape index (κ2) is 9.47. The van der Waals surface area contributed by atoms with Crippen LogP contribution in [-0.2, 0) is 9.53 Å². The molecule has 1 aliphatic heterocycles. The highest BCUT2D eigenvalue weighted by atomic mass is 16.7. The number of ketones is 2. The third kappa shape index (κ3) is 4.25. The fourth-order valence-corrected chi connectivity index (χ4v) is 3.79. The van der Waals surface area contributed by atoms with Gasteiger partial charge in [0.15, 0.2) is 23.1 Å². The average molecular weight is 430 g/mol. The van der Waals surface area contributed by atoms with Gasteiger partial charge in [-0.25, -0.2) is 0 Å². The molecule has 0 aliphatic carbocycles. The lowest BCUT2D eigenvalue weighted by molar-refractivity contribution is -0.145. The van der Waals surface area contributed by atoms with E-state index < -0.39 is 29.4 Å². The number of benzene rings is 3. The summed E-state index contributed by atoms with van der Waals surface area (Å²) in [5.41, 5.74) is 1.14. The number of hydrogen-bond acceptors (Lipinski definition) is 6. The molecule has 6 nitrogen and oxygen atoms in total. The second-order valence-corrected chi connectivity index (χ2v) is 7.28. The first kappa shape index (κ1) is 21.3. The molecule has 0 bridgehead atoms. The minimum atomic E-state index is -1.31.